The summed E-state index contributed by atoms with van der Waals surface area (Å²) in [6.07, 6.45) is 3.91. The van der Waals surface area contributed by atoms with Crippen molar-refractivity contribution in [2.24, 2.45) is 0 Å². The lowest BCUT2D eigenvalue weighted by Crippen LogP contribution is -2.40. The first-order valence-electron chi connectivity index (χ1n) is 5.87. The van der Waals surface area contributed by atoms with Gasteiger partial charge in [-0.2, -0.15) is 0 Å². The van der Waals surface area contributed by atoms with Crippen molar-refractivity contribution in [3.05, 3.63) is 29.8 Å². The van der Waals surface area contributed by atoms with Gasteiger partial charge in [-0.1, -0.05) is 18.6 Å². The molecular weight excluding hydrogens is 222 g/mol. The van der Waals surface area contributed by atoms with Crippen molar-refractivity contribution < 1.29 is 5.11 Å². The Hall–Kier alpha value is -0.730. The van der Waals surface area contributed by atoms with E-state index in [1.807, 2.05) is 12.1 Å². The SMILES string of the molecule is Oc1cccc(CN(CCCl)C2CCC2)c1. The van der Waals surface area contributed by atoms with Crippen LogP contribution in [0.15, 0.2) is 24.3 Å². The van der Waals surface area contributed by atoms with E-state index in [9.17, 15) is 5.11 Å². The number of alkyl halides is 1. The summed E-state index contributed by atoms with van der Waals surface area (Å²) in [5, 5.41) is 9.42. The summed E-state index contributed by atoms with van der Waals surface area (Å²) in [6, 6.07) is 8.18. The van der Waals surface area contributed by atoms with E-state index in [0.29, 0.717) is 17.7 Å². The maximum atomic E-state index is 9.42. The zero-order chi connectivity index (χ0) is 11.4. The van der Waals surface area contributed by atoms with Crippen LogP contribution in [-0.4, -0.2) is 28.5 Å². The van der Waals surface area contributed by atoms with Crippen molar-refractivity contribution in [3.63, 3.8) is 0 Å². The Labute approximate surface area is 102 Å². The molecule has 2 nitrogen and oxygen atoms in total. The van der Waals surface area contributed by atoms with Crippen LogP contribution in [0.1, 0.15) is 24.8 Å². The summed E-state index contributed by atoms with van der Waals surface area (Å²) in [4.78, 5) is 2.42. The summed E-state index contributed by atoms with van der Waals surface area (Å²) in [5.74, 6) is 1.02. The van der Waals surface area contributed by atoms with Crippen molar-refractivity contribution in [3.8, 4) is 5.75 Å². The third kappa shape index (κ3) is 2.89. The first-order valence-corrected chi connectivity index (χ1v) is 6.41. The van der Waals surface area contributed by atoms with Crippen LogP contribution in [0, 0.1) is 0 Å². The number of rotatable bonds is 5. The van der Waals surface area contributed by atoms with E-state index in [-0.39, 0.29) is 0 Å². The quantitative estimate of drug-likeness (QED) is 0.799. The normalized spacial score (nSPS) is 16.4. The van der Waals surface area contributed by atoms with Crippen LogP contribution in [0.3, 0.4) is 0 Å². The maximum absolute atomic E-state index is 9.42. The summed E-state index contributed by atoms with van der Waals surface area (Å²) in [5.41, 5.74) is 1.16. The third-order valence-corrected chi connectivity index (χ3v) is 3.43. The van der Waals surface area contributed by atoms with E-state index in [1.54, 1.807) is 6.07 Å². The molecule has 0 aliphatic heterocycles. The molecule has 1 aliphatic carbocycles. The molecule has 1 fully saturated rings. The fourth-order valence-corrected chi connectivity index (χ4v) is 2.36. The molecule has 3 heteroatoms. The molecule has 1 aliphatic rings. The van der Waals surface area contributed by atoms with Crippen molar-refractivity contribution in [1.29, 1.82) is 0 Å². The average Bonchev–Trinajstić information content (AvgIpc) is 2.15. The number of nitrogens with zero attached hydrogens (tertiary/aromatic N) is 1. The Balaban J connectivity index is 1.98. The van der Waals surface area contributed by atoms with E-state index in [4.69, 9.17) is 11.6 Å². The zero-order valence-electron chi connectivity index (χ0n) is 9.40. The van der Waals surface area contributed by atoms with E-state index in [2.05, 4.69) is 11.0 Å². The van der Waals surface area contributed by atoms with Gasteiger partial charge >= 0.3 is 0 Å². The van der Waals surface area contributed by atoms with Crippen LogP contribution in [-0.2, 0) is 6.54 Å². The Kier molecular flexibility index (Phi) is 4.08. The highest BCUT2D eigenvalue weighted by Crippen LogP contribution is 2.26. The second kappa shape index (κ2) is 5.55. The average molecular weight is 240 g/mol. The van der Waals surface area contributed by atoms with Crippen LogP contribution in [0.2, 0.25) is 0 Å². The summed E-state index contributed by atoms with van der Waals surface area (Å²) < 4.78 is 0. The van der Waals surface area contributed by atoms with Crippen LogP contribution >= 0.6 is 11.6 Å². The molecule has 0 saturated heterocycles. The molecule has 0 unspecified atom stereocenters. The van der Waals surface area contributed by atoms with E-state index in [0.717, 1.165) is 18.7 Å². The van der Waals surface area contributed by atoms with Gasteiger partial charge in [-0.05, 0) is 30.5 Å². The summed E-state index contributed by atoms with van der Waals surface area (Å²) in [7, 11) is 0. The summed E-state index contributed by atoms with van der Waals surface area (Å²) in [6.45, 7) is 1.83. The molecule has 2 rings (SSSR count). The highest BCUT2D eigenvalue weighted by molar-refractivity contribution is 6.18. The number of phenols is 1. The third-order valence-electron chi connectivity index (χ3n) is 3.26. The Morgan fingerprint density at radius 2 is 2.19 bits per heavy atom. The van der Waals surface area contributed by atoms with Crippen LogP contribution in [0.25, 0.3) is 0 Å². The lowest BCUT2D eigenvalue weighted by molar-refractivity contribution is 0.127. The number of hydrogen-bond donors (Lipinski definition) is 1. The molecule has 0 bridgehead atoms. The maximum Gasteiger partial charge on any atom is 0.115 e. The van der Waals surface area contributed by atoms with Crippen LogP contribution < -0.4 is 0 Å². The summed E-state index contributed by atoms with van der Waals surface area (Å²) >= 11 is 5.83. The van der Waals surface area contributed by atoms with Crippen molar-refractivity contribution >= 4 is 11.6 Å². The van der Waals surface area contributed by atoms with Crippen molar-refractivity contribution in [1.82, 2.24) is 4.90 Å². The first kappa shape index (κ1) is 11.7. The predicted octanol–water partition coefficient (Wildman–Crippen LogP) is 2.99. The van der Waals surface area contributed by atoms with Gasteiger partial charge in [-0.15, -0.1) is 11.6 Å². The van der Waals surface area contributed by atoms with Gasteiger partial charge < -0.3 is 5.11 Å². The monoisotopic (exact) mass is 239 g/mol. The van der Waals surface area contributed by atoms with Crippen LogP contribution in [0.5, 0.6) is 5.75 Å². The van der Waals surface area contributed by atoms with Gasteiger partial charge in [0.05, 0.1) is 0 Å². The van der Waals surface area contributed by atoms with E-state index >= 15 is 0 Å². The van der Waals surface area contributed by atoms with E-state index in [1.165, 1.54) is 19.3 Å². The van der Waals surface area contributed by atoms with E-state index < -0.39 is 0 Å². The smallest absolute Gasteiger partial charge is 0.115 e. The lowest BCUT2D eigenvalue weighted by atomic mass is 9.91. The van der Waals surface area contributed by atoms with Gasteiger partial charge in [0.15, 0.2) is 0 Å². The number of benzene rings is 1. The molecule has 1 aromatic rings. The minimum atomic E-state index is 0.344. The zero-order valence-corrected chi connectivity index (χ0v) is 10.2. The molecule has 0 radical (unpaired) electrons. The standard InChI is InChI=1S/C13H18ClNO/c14-7-8-15(12-4-2-5-12)10-11-3-1-6-13(16)9-11/h1,3,6,9,12,16H,2,4-5,7-8,10H2. The van der Waals surface area contributed by atoms with Gasteiger partial charge in [-0.25, -0.2) is 0 Å². The number of halogens is 1. The number of phenolic OH excluding ortho intramolecular Hbond substituents is 1. The predicted molar refractivity (Wildman–Crippen MR) is 66.9 cm³/mol. The fraction of sp³-hybridized carbons (Fsp3) is 0.538. The second-order valence-corrected chi connectivity index (χ2v) is 4.79. The molecule has 0 spiro atoms. The van der Waals surface area contributed by atoms with Gasteiger partial charge in [0, 0.05) is 25.0 Å². The van der Waals surface area contributed by atoms with Gasteiger partial charge in [0.25, 0.3) is 0 Å². The molecule has 1 N–H and O–H groups in total. The molecule has 88 valence electrons. The van der Waals surface area contributed by atoms with Crippen molar-refractivity contribution in [2.45, 2.75) is 31.8 Å². The topological polar surface area (TPSA) is 23.5 Å². The molecule has 0 heterocycles. The highest BCUT2D eigenvalue weighted by Gasteiger charge is 2.24. The molecule has 1 saturated carbocycles. The second-order valence-electron chi connectivity index (χ2n) is 4.41. The Bertz CT molecular complexity index is 338. The molecule has 1 aromatic carbocycles. The Morgan fingerprint density at radius 3 is 2.75 bits per heavy atom. The first-order chi connectivity index (χ1) is 7.79. The Morgan fingerprint density at radius 1 is 1.38 bits per heavy atom. The minimum Gasteiger partial charge on any atom is -0.508 e. The molecule has 0 amide bonds. The lowest BCUT2D eigenvalue weighted by Gasteiger charge is -2.37. The minimum absolute atomic E-state index is 0.344. The highest BCUT2D eigenvalue weighted by atomic mass is 35.5. The molecule has 16 heavy (non-hydrogen) atoms. The molecule has 0 atom stereocenters. The molecular formula is C13H18ClNO. The number of aromatic hydroxyl groups is 1. The van der Waals surface area contributed by atoms with Crippen LogP contribution in [0.4, 0.5) is 0 Å². The largest absolute Gasteiger partial charge is 0.508 e. The van der Waals surface area contributed by atoms with Gasteiger partial charge in [0.2, 0.25) is 0 Å². The molecule has 0 aromatic heterocycles. The van der Waals surface area contributed by atoms with Gasteiger partial charge in [0.1, 0.15) is 5.75 Å². The fourth-order valence-electron chi connectivity index (χ4n) is 2.14. The number of hydrogen-bond acceptors (Lipinski definition) is 2. The van der Waals surface area contributed by atoms with Crippen molar-refractivity contribution in [2.75, 3.05) is 12.4 Å². The van der Waals surface area contributed by atoms with Gasteiger partial charge in [-0.3, -0.25) is 4.90 Å².